The van der Waals surface area contributed by atoms with Gasteiger partial charge in [0.1, 0.15) is 4.99 Å². The average Bonchev–Trinajstić information content (AvgIpc) is 2.27. The molecule has 0 saturated carbocycles. The van der Waals surface area contributed by atoms with E-state index in [1.165, 1.54) is 0 Å². The summed E-state index contributed by atoms with van der Waals surface area (Å²) in [5.41, 5.74) is 5.69. The van der Waals surface area contributed by atoms with E-state index in [1.54, 1.807) is 12.3 Å². The summed E-state index contributed by atoms with van der Waals surface area (Å²) in [5.74, 6) is 0.667. The maximum atomic E-state index is 10.1. The number of hydrogen-bond acceptors (Lipinski definition) is 5. The van der Waals surface area contributed by atoms with Gasteiger partial charge in [-0.1, -0.05) is 12.2 Å². The summed E-state index contributed by atoms with van der Waals surface area (Å²) < 4.78 is 0. The fourth-order valence-corrected chi connectivity index (χ4v) is 2.31. The van der Waals surface area contributed by atoms with Gasteiger partial charge >= 0.3 is 0 Å². The predicted molar refractivity (Wildman–Crippen MR) is 70.0 cm³/mol. The van der Waals surface area contributed by atoms with Crippen molar-refractivity contribution in [2.24, 2.45) is 5.73 Å². The van der Waals surface area contributed by atoms with Gasteiger partial charge in [0.05, 0.1) is 17.4 Å². The number of β-amino-alcohol motifs (C(OH)–C–C–N with tert-alkyl or cyclic N) is 1. The third-order valence-corrected chi connectivity index (χ3v) is 3.16. The van der Waals surface area contributed by atoms with Crippen molar-refractivity contribution in [3.8, 4) is 0 Å². The molecule has 1 unspecified atom stereocenters. The summed E-state index contributed by atoms with van der Waals surface area (Å²) in [4.78, 5) is 2.30. The van der Waals surface area contributed by atoms with Crippen LogP contribution in [-0.4, -0.2) is 39.0 Å². The van der Waals surface area contributed by atoms with Gasteiger partial charge in [-0.05, 0) is 25.8 Å². The number of nitrogens with zero attached hydrogens (tertiary/aromatic N) is 3. The van der Waals surface area contributed by atoms with E-state index < -0.39 is 5.60 Å². The number of thiocarbonyl (C=S) groups is 1. The molecule has 6 heteroatoms. The molecule has 1 aliphatic heterocycles. The molecule has 0 spiro atoms. The van der Waals surface area contributed by atoms with Crippen LogP contribution in [0.5, 0.6) is 0 Å². The lowest BCUT2D eigenvalue weighted by Crippen LogP contribution is -2.47. The molecule has 5 nitrogen and oxygen atoms in total. The average molecular weight is 252 g/mol. The zero-order valence-corrected chi connectivity index (χ0v) is 10.6. The van der Waals surface area contributed by atoms with Gasteiger partial charge in [0.25, 0.3) is 0 Å². The highest BCUT2D eigenvalue weighted by Gasteiger charge is 2.30. The van der Waals surface area contributed by atoms with Crippen molar-refractivity contribution < 1.29 is 5.11 Å². The first-order chi connectivity index (χ1) is 7.99. The van der Waals surface area contributed by atoms with Gasteiger partial charge in [-0.3, -0.25) is 0 Å². The van der Waals surface area contributed by atoms with Crippen molar-refractivity contribution in [2.75, 3.05) is 18.0 Å². The quantitative estimate of drug-likeness (QED) is 0.745. The van der Waals surface area contributed by atoms with Gasteiger partial charge in [0, 0.05) is 13.1 Å². The van der Waals surface area contributed by atoms with Gasteiger partial charge in [-0.25, -0.2) is 0 Å². The van der Waals surface area contributed by atoms with Gasteiger partial charge in [-0.2, -0.15) is 5.10 Å². The Morgan fingerprint density at radius 2 is 2.41 bits per heavy atom. The Hall–Kier alpha value is -1.27. The van der Waals surface area contributed by atoms with E-state index in [2.05, 4.69) is 10.2 Å². The molecule has 1 aromatic rings. The summed E-state index contributed by atoms with van der Waals surface area (Å²) >= 11 is 5.00. The topological polar surface area (TPSA) is 75.3 Å². The zero-order chi connectivity index (χ0) is 12.5. The first kappa shape index (κ1) is 12.2. The van der Waals surface area contributed by atoms with E-state index in [-0.39, 0.29) is 0 Å². The van der Waals surface area contributed by atoms with E-state index in [4.69, 9.17) is 18.0 Å². The van der Waals surface area contributed by atoms with Gasteiger partial charge in [-0.15, -0.1) is 5.10 Å². The third kappa shape index (κ3) is 2.70. The molecule has 0 radical (unpaired) electrons. The molecule has 0 aliphatic carbocycles. The van der Waals surface area contributed by atoms with Crippen LogP contribution in [0.4, 0.5) is 5.82 Å². The highest BCUT2D eigenvalue weighted by atomic mass is 32.1. The molecule has 0 aromatic carbocycles. The molecule has 2 heterocycles. The van der Waals surface area contributed by atoms with Crippen LogP contribution in [-0.2, 0) is 0 Å². The van der Waals surface area contributed by atoms with Crippen molar-refractivity contribution in [1.82, 2.24) is 10.2 Å². The normalized spacial score (nSPS) is 24.7. The van der Waals surface area contributed by atoms with Gasteiger partial charge in [0.2, 0.25) is 0 Å². The molecule has 1 saturated heterocycles. The largest absolute Gasteiger partial charge is 0.389 e. The number of anilines is 1. The van der Waals surface area contributed by atoms with Crippen LogP contribution in [0.15, 0.2) is 12.3 Å². The number of piperidine rings is 1. The van der Waals surface area contributed by atoms with Crippen molar-refractivity contribution in [1.29, 1.82) is 0 Å². The fraction of sp³-hybridized carbons (Fsp3) is 0.545. The van der Waals surface area contributed by atoms with Crippen LogP contribution in [0.1, 0.15) is 25.3 Å². The van der Waals surface area contributed by atoms with Crippen LogP contribution in [0.3, 0.4) is 0 Å². The highest BCUT2D eigenvalue weighted by molar-refractivity contribution is 7.80. The van der Waals surface area contributed by atoms with Crippen molar-refractivity contribution in [2.45, 2.75) is 25.4 Å². The molecule has 1 aliphatic rings. The van der Waals surface area contributed by atoms with Crippen LogP contribution in [0, 0.1) is 0 Å². The molecule has 92 valence electrons. The molecular weight excluding hydrogens is 236 g/mol. The Labute approximate surface area is 106 Å². The minimum atomic E-state index is -0.691. The van der Waals surface area contributed by atoms with Crippen LogP contribution in [0.2, 0.25) is 0 Å². The molecule has 1 aromatic heterocycles. The van der Waals surface area contributed by atoms with Crippen molar-refractivity contribution >= 4 is 23.0 Å². The molecule has 0 amide bonds. The number of rotatable bonds is 2. The maximum Gasteiger partial charge on any atom is 0.161 e. The Balaban J connectivity index is 2.30. The van der Waals surface area contributed by atoms with Gasteiger partial charge < -0.3 is 15.7 Å². The van der Waals surface area contributed by atoms with E-state index in [0.717, 1.165) is 19.4 Å². The molecule has 3 N–H and O–H groups in total. The second kappa shape index (κ2) is 4.54. The summed E-state index contributed by atoms with van der Waals surface area (Å²) in [5, 5.41) is 18.0. The lowest BCUT2D eigenvalue weighted by atomic mass is 9.95. The highest BCUT2D eigenvalue weighted by Crippen LogP contribution is 2.26. The maximum absolute atomic E-state index is 10.1. The predicted octanol–water partition coefficient (Wildman–Crippen LogP) is 0.462. The fourth-order valence-electron chi connectivity index (χ4n) is 2.15. The van der Waals surface area contributed by atoms with Crippen LogP contribution < -0.4 is 10.6 Å². The second-order valence-electron chi connectivity index (χ2n) is 4.65. The smallest absolute Gasteiger partial charge is 0.161 e. The van der Waals surface area contributed by atoms with E-state index >= 15 is 0 Å². The number of aromatic nitrogens is 2. The van der Waals surface area contributed by atoms with Crippen molar-refractivity contribution in [3.05, 3.63) is 17.8 Å². The van der Waals surface area contributed by atoms with Crippen LogP contribution in [0.25, 0.3) is 0 Å². The van der Waals surface area contributed by atoms with Gasteiger partial charge in [0.15, 0.2) is 5.82 Å². The van der Waals surface area contributed by atoms with Crippen LogP contribution >= 0.6 is 12.2 Å². The first-order valence-electron chi connectivity index (χ1n) is 5.58. The number of hydrogen-bond donors (Lipinski definition) is 2. The Bertz CT molecular complexity index is 435. The van der Waals surface area contributed by atoms with E-state index in [1.807, 2.05) is 11.8 Å². The summed E-state index contributed by atoms with van der Waals surface area (Å²) in [6, 6.07) is 1.76. The molecule has 1 fully saturated rings. The standard InChI is InChI=1S/C11H16N4OS/c1-11(16)4-2-6-15(7-11)10-8(9(12)17)3-5-13-14-10/h3,5,16H,2,4,6-7H2,1H3,(H2,12,17). The molecule has 0 bridgehead atoms. The third-order valence-electron chi connectivity index (χ3n) is 2.94. The Kier molecular flexibility index (Phi) is 3.26. The molecule has 2 rings (SSSR count). The second-order valence-corrected chi connectivity index (χ2v) is 5.09. The zero-order valence-electron chi connectivity index (χ0n) is 9.76. The van der Waals surface area contributed by atoms with Crippen molar-refractivity contribution in [3.63, 3.8) is 0 Å². The molecular formula is C11H16N4OS. The summed E-state index contributed by atoms with van der Waals surface area (Å²) in [7, 11) is 0. The van der Waals surface area contributed by atoms with E-state index in [9.17, 15) is 5.11 Å². The lowest BCUT2D eigenvalue weighted by molar-refractivity contribution is 0.0446. The number of nitrogens with two attached hydrogens (primary N) is 1. The Morgan fingerprint density at radius 3 is 3.06 bits per heavy atom. The SMILES string of the molecule is CC1(O)CCCN(c2nnccc2C(N)=S)C1. The minimum absolute atomic E-state index is 0.306. The number of aliphatic hydroxyl groups is 1. The summed E-state index contributed by atoms with van der Waals surface area (Å²) in [6.45, 7) is 3.20. The monoisotopic (exact) mass is 252 g/mol. The molecule has 17 heavy (non-hydrogen) atoms. The summed E-state index contributed by atoms with van der Waals surface area (Å²) in [6.07, 6.45) is 3.28. The first-order valence-corrected chi connectivity index (χ1v) is 5.99. The Morgan fingerprint density at radius 1 is 1.65 bits per heavy atom. The van der Waals surface area contributed by atoms with E-state index in [0.29, 0.717) is 22.9 Å². The molecule has 1 atom stereocenters. The minimum Gasteiger partial charge on any atom is -0.389 e. The lowest BCUT2D eigenvalue weighted by Gasteiger charge is -2.37.